The molecule has 1 fully saturated rings. The van der Waals surface area contributed by atoms with Gasteiger partial charge in [0, 0.05) is 35.2 Å². The lowest BCUT2D eigenvalue weighted by Gasteiger charge is -2.40. The summed E-state index contributed by atoms with van der Waals surface area (Å²) in [5.74, 6) is -0.796. The number of aromatic hydroxyl groups is 2. The molecule has 1 aliphatic heterocycles. The van der Waals surface area contributed by atoms with E-state index in [-0.39, 0.29) is 34.3 Å². The van der Waals surface area contributed by atoms with E-state index < -0.39 is 17.5 Å². The lowest BCUT2D eigenvalue weighted by molar-refractivity contribution is 0.0158. The van der Waals surface area contributed by atoms with Crippen LogP contribution in [0.15, 0.2) is 45.6 Å². The van der Waals surface area contributed by atoms with Gasteiger partial charge in [0.05, 0.1) is 11.1 Å². The molecule has 152 valence electrons. The van der Waals surface area contributed by atoms with Crippen LogP contribution in [0.2, 0.25) is 5.02 Å². The zero-order valence-corrected chi connectivity index (χ0v) is 16.8. The number of piperidine rings is 1. The fourth-order valence-electron chi connectivity index (χ4n) is 4.10. The molecular formula is C22H22ClNO5. The smallest absolute Gasteiger partial charge is 0.197 e. The number of hydrogen-bond acceptors (Lipinski definition) is 6. The summed E-state index contributed by atoms with van der Waals surface area (Å²) in [6, 6.07) is 9.22. The van der Waals surface area contributed by atoms with Crippen molar-refractivity contribution in [1.82, 2.24) is 4.90 Å². The van der Waals surface area contributed by atoms with Gasteiger partial charge in [0.2, 0.25) is 0 Å². The molecule has 1 aromatic heterocycles. The predicted octanol–water partition coefficient (Wildman–Crippen LogP) is 3.69. The van der Waals surface area contributed by atoms with Crippen LogP contribution in [0, 0.1) is 0 Å². The van der Waals surface area contributed by atoms with Gasteiger partial charge in [0.1, 0.15) is 28.2 Å². The third-order valence-electron chi connectivity index (χ3n) is 5.90. The van der Waals surface area contributed by atoms with Crippen LogP contribution < -0.4 is 5.43 Å². The standard InChI is InChI=1S/C22H22ClNO5/c1-11-21(28)13(7-8-24(11)2)19-15(25)9-16(26)20-17(27)10-18(29-22(19)20)12-5-3-4-6-14(12)23/h3-6,9-11,13,21,25-26,28H,7-8H2,1-2H3/t11-,13+,21+/m0/s1. The average Bonchev–Trinajstić information content (AvgIpc) is 2.67. The monoisotopic (exact) mass is 415 g/mol. The molecule has 3 atom stereocenters. The largest absolute Gasteiger partial charge is 0.507 e. The highest BCUT2D eigenvalue weighted by molar-refractivity contribution is 6.33. The molecule has 2 heterocycles. The van der Waals surface area contributed by atoms with Crippen molar-refractivity contribution in [3.8, 4) is 22.8 Å². The number of nitrogens with zero attached hydrogens (tertiary/aromatic N) is 1. The molecule has 0 unspecified atom stereocenters. The second-order valence-electron chi connectivity index (χ2n) is 7.59. The van der Waals surface area contributed by atoms with Gasteiger partial charge in [-0.05, 0) is 39.1 Å². The Morgan fingerprint density at radius 3 is 2.62 bits per heavy atom. The van der Waals surface area contributed by atoms with Gasteiger partial charge >= 0.3 is 0 Å². The zero-order chi connectivity index (χ0) is 20.9. The summed E-state index contributed by atoms with van der Waals surface area (Å²) < 4.78 is 6.04. The maximum atomic E-state index is 12.8. The lowest BCUT2D eigenvalue weighted by Crippen LogP contribution is -2.47. The molecule has 1 saturated heterocycles. The Balaban J connectivity index is 2.00. The summed E-state index contributed by atoms with van der Waals surface area (Å²) >= 11 is 6.27. The van der Waals surface area contributed by atoms with E-state index in [1.54, 1.807) is 24.3 Å². The van der Waals surface area contributed by atoms with Crippen LogP contribution >= 0.6 is 11.6 Å². The average molecular weight is 416 g/mol. The molecule has 0 amide bonds. The van der Waals surface area contributed by atoms with E-state index in [4.69, 9.17) is 16.0 Å². The minimum absolute atomic E-state index is 0.0209. The van der Waals surface area contributed by atoms with E-state index in [0.29, 0.717) is 29.1 Å². The van der Waals surface area contributed by atoms with Gasteiger partial charge in [-0.25, -0.2) is 0 Å². The van der Waals surface area contributed by atoms with Crippen LogP contribution in [0.25, 0.3) is 22.3 Å². The van der Waals surface area contributed by atoms with Gasteiger partial charge in [-0.15, -0.1) is 0 Å². The summed E-state index contributed by atoms with van der Waals surface area (Å²) in [6.45, 7) is 2.61. The van der Waals surface area contributed by atoms with Crippen molar-refractivity contribution < 1.29 is 19.7 Å². The molecule has 7 heteroatoms. The van der Waals surface area contributed by atoms with E-state index >= 15 is 0 Å². The van der Waals surface area contributed by atoms with Gasteiger partial charge in [0.25, 0.3) is 0 Å². The first kappa shape index (κ1) is 19.8. The normalized spacial score (nSPS) is 22.8. The Hall–Kier alpha value is -2.54. The Morgan fingerprint density at radius 1 is 1.17 bits per heavy atom. The molecule has 0 bridgehead atoms. The van der Waals surface area contributed by atoms with Crippen molar-refractivity contribution in [1.29, 1.82) is 0 Å². The SMILES string of the molecule is C[C@H]1[C@@H](O)[C@@H](c2c(O)cc(O)c3c(=O)cc(-c4ccccc4Cl)oc23)CCN1C. The number of phenolic OH excluding ortho intramolecular Hbond substituents is 2. The van der Waals surface area contributed by atoms with Gasteiger partial charge in [-0.3, -0.25) is 4.79 Å². The first-order valence-electron chi connectivity index (χ1n) is 9.45. The van der Waals surface area contributed by atoms with Crippen molar-refractivity contribution >= 4 is 22.6 Å². The number of benzene rings is 2. The highest BCUT2D eigenvalue weighted by atomic mass is 35.5. The summed E-state index contributed by atoms with van der Waals surface area (Å²) in [7, 11) is 1.93. The van der Waals surface area contributed by atoms with E-state index in [9.17, 15) is 20.1 Å². The van der Waals surface area contributed by atoms with Crippen LogP contribution in [-0.4, -0.2) is 46.0 Å². The minimum Gasteiger partial charge on any atom is -0.507 e. The molecule has 0 saturated carbocycles. The minimum atomic E-state index is -0.776. The van der Waals surface area contributed by atoms with Gasteiger partial charge < -0.3 is 24.6 Å². The Morgan fingerprint density at radius 2 is 1.90 bits per heavy atom. The number of aliphatic hydroxyl groups excluding tert-OH is 1. The molecule has 3 N–H and O–H groups in total. The van der Waals surface area contributed by atoms with Gasteiger partial charge in [-0.2, -0.15) is 0 Å². The Bertz CT molecular complexity index is 1140. The number of hydrogen-bond donors (Lipinski definition) is 3. The number of fused-ring (bicyclic) bond motifs is 1. The second kappa shape index (κ2) is 7.37. The summed E-state index contributed by atoms with van der Waals surface area (Å²) in [6.07, 6.45) is -0.211. The van der Waals surface area contributed by atoms with Crippen LogP contribution in [0.1, 0.15) is 24.8 Å². The summed E-state index contributed by atoms with van der Waals surface area (Å²) in [5, 5.41) is 32.2. The molecule has 0 aliphatic carbocycles. The van der Waals surface area contributed by atoms with E-state index in [1.807, 2.05) is 18.9 Å². The van der Waals surface area contributed by atoms with E-state index in [1.165, 1.54) is 6.07 Å². The van der Waals surface area contributed by atoms with Crippen molar-refractivity contribution in [3.05, 3.63) is 57.2 Å². The quantitative estimate of drug-likeness (QED) is 0.591. The zero-order valence-electron chi connectivity index (χ0n) is 16.1. The fourth-order valence-corrected chi connectivity index (χ4v) is 4.33. The maximum Gasteiger partial charge on any atom is 0.197 e. The van der Waals surface area contributed by atoms with Crippen LogP contribution in [0.3, 0.4) is 0 Å². The molecule has 3 aromatic rings. The molecule has 4 rings (SSSR count). The highest BCUT2D eigenvalue weighted by Crippen LogP contribution is 2.43. The Kier molecular flexibility index (Phi) is 5.02. The topological polar surface area (TPSA) is 94.1 Å². The molecule has 1 aliphatic rings. The number of likely N-dealkylation sites (N-methyl/N-ethyl adjacent to an activating group) is 1. The number of likely N-dealkylation sites (tertiary alicyclic amines) is 1. The number of phenols is 2. The van der Waals surface area contributed by atoms with Crippen LogP contribution in [-0.2, 0) is 0 Å². The molecular weight excluding hydrogens is 394 g/mol. The molecule has 0 radical (unpaired) electrons. The second-order valence-corrected chi connectivity index (χ2v) is 8.00. The fraction of sp³-hybridized carbons (Fsp3) is 0.318. The molecule has 2 aromatic carbocycles. The number of rotatable bonds is 2. The number of halogens is 1. The number of aliphatic hydroxyl groups is 1. The maximum absolute atomic E-state index is 12.8. The van der Waals surface area contributed by atoms with Crippen LogP contribution in [0.5, 0.6) is 11.5 Å². The van der Waals surface area contributed by atoms with Crippen molar-refractivity contribution in [2.45, 2.75) is 31.4 Å². The van der Waals surface area contributed by atoms with Crippen LogP contribution in [0.4, 0.5) is 0 Å². The highest BCUT2D eigenvalue weighted by Gasteiger charge is 2.37. The van der Waals surface area contributed by atoms with Gasteiger partial charge in [-0.1, -0.05) is 23.7 Å². The van der Waals surface area contributed by atoms with Crippen molar-refractivity contribution in [2.75, 3.05) is 13.6 Å². The van der Waals surface area contributed by atoms with E-state index in [0.717, 1.165) is 6.07 Å². The van der Waals surface area contributed by atoms with Crippen molar-refractivity contribution in [2.24, 2.45) is 0 Å². The molecule has 0 spiro atoms. The third kappa shape index (κ3) is 3.27. The lowest BCUT2D eigenvalue weighted by atomic mass is 9.82. The van der Waals surface area contributed by atoms with Gasteiger partial charge in [0.15, 0.2) is 5.43 Å². The molecule has 29 heavy (non-hydrogen) atoms. The predicted molar refractivity (Wildman–Crippen MR) is 112 cm³/mol. The molecule has 6 nitrogen and oxygen atoms in total. The summed E-state index contributed by atoms with van der Waals surface area (Å²) in [5.41, 5.74) is 0.483. The first-order chi connectivity index (χ1) is 13.8. The first-order valence-corrected chi connectivity index (χ1v) is 9.83. The van der Waals surface area contributed by atoms with E-state index in [2.05, 4.69) is 0 Å². The Labute approximate surface area is 172 Å². The summed E-state index contributed by atoms with van der Waals surface area (Å²) in [4.78, 5) is 14.9. The third-order valence-corrected chi connectivity index (χ3v) is 6.23. The van der Waals surface area contributed by atoms with Crippen molar-refractivity contribution in [3.63, 3.8) is 0 Å².